The lowest BCUT2D eigenvalue weighted by Gasteiger charge is -2.09. The Morgan fingerprint density at radius 1 is 0.962 bits per heavy atom. The first-order valence-corrected chi connectivity index (χ1v) is 7.95. The Hall–Kier alpha value is -3.98. The molecule has 2 aromatic heterocycles. The third-order valence-corrected chi connectivity index (χ3v) is 4.00. The number of H-pyrrole nitrogens is 1. The van der Waals surface area contributed by atoms with Crippen molar-refractivity contribution >= 4 is 22.5 Å². The smallest absolute Gasteiger partial charge is 0.341 e. The van der Waals surface area contributed by atoms with Crippen molar-refractivity contribution in [1.82, 2.24) is 15.0 Å². The molecule has 2 heterocycles. The fourth-order valence-corrected chi connectivity index (χ4v) is 2.71. The number of rotatable bonds is 3. The van der Waals surface area contributed by atoms with E-state index in [2.05, 4.69) is 26.3 Å². The Balaban J connectivity index is 1.64. The zero-order valence-electron chi connectivity index (χ0n) is 13.6. The normalized spacial score (nSPS) is 10.4. The van der Waals surface area contributed by atoms with Crippen molar-refractivity contribution in [3.05, 3.63) is 82.9 Å². The number of fused-ring (bicyclic) bond motifs is 1. The van der Waals surface area contributed by atoms with Crippen molar-refractivity contribution in [1.29, 1.82) is 5.26 Å². The highest BCUT2D eigenvalue weighted by Gasteiger charge is 2.06. The van der Waals surface area contributed by atoms with Crippen LogP contribution in [-0.4, -0.2) is 15.0 Å². The van der Waals surface area contributed by atoms with Gasteiger partial charge in [0.25, 0.3) is 0 Å². The summed E-state index contributed by atoms with van der Waals surface area (Å²) >= 11 is 0. The second kappa shape index (κ2) is 6.49. The number of pyridine rings is 1. The Bertz CT molecular complexity index is 1170. The zero-order chi connectivity index (χ0) is 17.9. The van der Waals surface area contributed by atoms with E-state index in [-0.39, 0.29) is 0 Å². The molecule has 0 radical (unpaired) electrons. The van der Waals surface area contributed by atoms with Gasteiger partial charge in [-0.15, -0.1) is 0 Å². The zero-order valence-corrected chi connectivity index (χ0v) is 13.6. The Morgan fingerprint density at radius 2 is 1.65 bits per heavy atom. The second-order valence-electron chi connectivity index (χ2n) is 5.68. The van der Waals surface area contributed by atoms with Gasteiger partial charge in [-0.25, -0.2) is 9.78 Å². The van der Waals surface area contributed by atoms with E-state index < -0.39 is 5.69 Å². The molecule has 6 nitrogen and oxygen atoms in total. The van der Waals surface area contributed by atoms with Crippen molar-refractivity contribution in [2.75, 3.05) is 5.32 Å². The van der Waals surface area contributed by atoms with E-state index in [0.717, 1.165) is 22.2 Å². The summed E-state index contributed by atoms with van der Waals surface area (Å²) in [6.45, 7) is 0. The SMILES string of the molecule is N#Cc1ccc(-c2ccc(Nc3[nH]c(=O)nc4ncccc34)cc2)cc1. The molecule has 0 unspecified atom stereocenters. The number of nitrogens with one attached hydrogen (secondary N) is 2. The van der Waals surface area contributed by atoms with E-state index in [1.54, 1.807) is 24.4 Å². The summed E-state index contributed by atoms with van der Waals surface area (Å²) < 4.78 is 0. The van der Waals surface area contributed by atoms with Gasteiger partial charge in [0, 0.05) is 11.9 Å². The highest BCUT2D eigenvalue weighted by atomic mass is 16.1. The first kappa shape index (κ1) is 15.5. The van der Waals surface area contributed by atoms with Crippen LogP contribution in [0.5, 0.6) is 0 Å². The predicted molar refractivity (Wildman–Crippen MR) is 100 cm³/mol. The Kier molecular flexibility index (Phi) is 3.88. The summed E-state index contributed by atoms with van der Waals surface area (Å²) in [6.07, 6.45) is 1.60. The fraction of sp³-hybridized carbons (Fsp3) is 0. The molecule has 0 saturated carbocycles. The highest BCUT2D eigenvalue weighted by Crippen LogP contribution is 2.25. The summed E-state index contributed by atoms with van der Waals surface area (Å²) in [4.78, 5) is 22.4. The minimum Gasteiger partial charge on any atom is -0.341 e. The molecule has 4 aromatic rings. The molecule has 0 fully saturated rings. The maximum absolute atomic E-state index is 11.7. The minimum atomic E-state index is -0.451. The monoisotopic (exact) mass is 339 g/mol. The molecular formula is C20H13N5O. The number of nitriles is 1. The van der Waals surface area contributed by atoms with Gasteiger partial charge in [0.2, 0.25) is 0 Å². The average molecular weight is 339 g/mol. The number of nitrogens with zero attached hydrogens (tertiary/aromatic N) is 3. The quantitative estimate of drug-likeness (QED) is 0.595. The molecule has 0 aliphatic carbocycles. The molecule has 2 aromatic carbocycles. The molecule has 0 bridgehead atoms. The van der Waals surface area contributed by atoms with Gasteiger partial charge in [-0.3, -0.25) is 4.98 Å². The Morgan fingerprint density at radius 3 is 2.35 bits per heavy atom. The molecule has 6 heteroatoms. The van der Waals surface area contributed by atoms with Gasteiger partial charge in [-0.2, -0.15) is 10.2 Å². The van der Waals surface area contributed by atoms with Crippen LogP contribution in [0, 0.1) is 11.3 Å². The van der Waals surface area contributed by atoms with Gasteiger partial charge in [0.05, 0.1) is 17.0 Å². The summed E-state index contributed by atoms with van der Waals surface area (Å²) in [6, 6.07) is 21.0. The minimum absolute atomic E-state index is 0.396. The van der Waals surface area contributed by atoms with Crippen molar-refractivity contribution in [3.8, 4) is 17.2 Å². The van der Waals surface area contributed by atoms with Crippen molar-refractivity contribution in [3.63, 3.8) is 0 Å². The molecule has 0 spiro atoms. The molecule has 0 aliphatic heterocycles. The summed E-state index contributed by atoms with van der Waals surface area (Å²) in [5.41, 5.74) is 3.47. The lowest BCUT2D eigenvalue weighted by molar-refractivity contribution is 1.10. The number of anilines is 2. The molecule has 124 valence electrons. The molecule has 0 aliphatic rings. The number of aromatic amines is 1. The van der Waals surface area contributed by atoms with Crippen LogP contribution in [0.1, 0.15) is 5.56 Å². The van der Waals surface area contributed by atoms with E-state index in [9.17, 15) is 4.79 Å². The van der Waals surface area contributed by atoms with Gasteiger partial charge < -0.3 is 5.32 Å². The van der Waals surface area contributed by atoms with Crippen molar-refractivity contribution in [2.24, 2.45) is 0 Å². The maximum atomic E-state index is 11.7. The first-order valence-electron chi connectivity index (χ1n) is 7.95. The van der Waals surface area contributed by atoms with Gasteiger partial charge >= 0.3 is 5.69 Å². The van der Waals surface area contributed by atoms with Crippen molar-refractivity contribution < 1.29 is 0 Å². The molecule has 2 N–H and O–H groups in total. The summed E-state index contributed by atoms with van der Waals surface area (Å²) in [7, 11) is 0. The standard InChI is InChI=1S/C20H13N5O/c21-12-13-3-5-14(6-4-13)15-7-9-16(10-8-15)23-19-17-2-1-11-22-18(17)24-20(26)25-19/h1-11H,(H2,22,23,24,25,26). The van der Waals surface area contributed by atoms with Crippen LogP contribution >= 0.6 is 0 Å². The summed E-state index contributed by atoms with van der Waals surface area (Å²) in [5, 5.41) is 12.8. The van der Waals surface area contributed by atoms with Gasteiger partial charge in [0.15, 0.2) is 5.65 Å². The van der Waals surface area contributed by atoms with Gasteiger partial charge in [-0.05, 0) is 47.5 Å². The van der Waals surface area contributed by atoms with E-state index >= 15 is 0 Å². The number of hydrogen-bond donors (Lipinski definition) is 2. The average Bonchev–Trinajstić information content (AvgIpc) is 2.68. The lowest BCUT2D eigenvalue weighted by Crippen LogP contribution is -2.13. The summed E-state index contributed by atoms with van der Waals surface area (Å²) in [5.74, 6) is 0.555. The topological polar surface area (TPSA) is 94.5 Å². The molecular weight excluding hydrogens is 326 g/mol. The second-order valence-corrected chi connectivity index (χ2v) is 5.68. The van der Waals surface area contributed by atoms with Crippen LogP contribution in [0.4, 0.5) is 11.5 Å². The van der Waals surface area contributed by atoms with E-state index in [4.69, 9.17) is 5.26 Å². The molecule has 4 rings (SSSR count). The third-order valence-electron chi connectivity index (χ3n) is 4.00. The molecule has 0 amide bonds. The molecule has 0 saturated heterocycles. The number of benzene rings is 2. The Labute approximate surface area is 148 Å². The van der Waals surface area contributed by atoms with E-state index in [0.29, 0.717) is 17.0 Å². The van der Waals surface area contributed by atoms with Gasteiger partial charge in [-0.1, -0.05) is 24.3 Å². The number of hydrogen-bond acceptors (Lipinski definition) is 5. The fourth-order valence-electron chi connectivity index (χ4n) is 2.71. The third kappa shape index (κ3) is 3.01. The van der Waals surface area contributed by atoms with E-state index in [1.807, 2.05) is 42.5 Å². The van der Waals surface area contributed by atoms with Crippen LogP contribution in [0.3, 0.4) is 0 Å². The van der Waals surface area contributed by atoms with Crippen LogP contribution in [-0.2, 0) is 0 Å². The van der Waals surface area contributed by atoms with Crippen LogP contribution < -0.4 is 11.0 Å². The highest BCUT2D eigenvalue weighted by molar-refractivity contribution is 5.88. The van der Waals surface area contributed by atoms with Crippen LogP contribution in [0.2, 0.25) is 0 Å². The lowest BCUT2D eigenvalue weighted by atomic mass is 10.0. The largest absolute Gasteiger partial charge is 0.348 e. The van der Waals surface area contributed by atoms with E-state index in [1.165, 1.54) is 0 Å². The number of aromatic nitrogens is 3. The van der Waals surface area contributed by atoms with Crippen molar-refractivity contribution in [2.45, 2.75) is 0 Å². The van der Waals surface area contributed by atoms with Gasteiger partial charge in [0.1, 0.15) is 5.82 Å². The predicted octanol–water partition coefficient (Wildman–Crippen LogP) is 3.60. The first-order chi connectivity index (χ1) is 12.7. The van der Waals surface area contributed by atoms with Crippen LogP contribution in [0.15, 0.2) is 71.7 Å². The maximum Gasteiger partial charge on any atom is 0.348 e. The van der Waals surface area contributed by atoms with Crippen LogP contribution in [0.25, 0.3) is 22.2 Å². The molecule has 26 heavy (non-hydrogen) atoms. The molecule has 0 atom stereocenters.